The van der Waals surface area contributed by atoms with Crippen LogP contribution in [0.1, 0.15) is 28.9 Å². The van der Waals surface area contributed by atoms with E-state index in [0.29, 0.717) is 0 Å². The Bertz CT molecular complexity index is 741. The molecule has 0 saturated heterocycles. The number of carbonyl (C=O) groups excluding carboxylic acids is 1. The van der Waals surface area contributed by atoms with E-state index in [0.717, 1.165) is 5.56 Å². The molecule has 1 aromatic heterocycles. The number of para-hydroxylation sites is 1. The van der Waals surface area contributed by atoms with E-state index < -0.39 is 10.8 Å². The lowest BCUT2D eigenvalue weighted by Crippen LogP contribution is -2.30. The second kappa shape index (κ2) is 6.47. The van der Waals surface area contributed by atoms with Crippen molar-refractivity contribution < 1.29 is 14.5 Å². The Balaban J connectivity index is 2.38. The molecule has 2 rings (SSSR count). The third-order valence-corrected chi connectivity index (χ3v) is 3.74. The summed E-state index contributed by atoms with van der Waals surface area (Å²) in [6.07, 6.45) is 3.46. The minimum Gasteiger partial charge on any atom is -0.490 e. The fourth-order valence-electron chi connectivity index (χ4n) is 2.29. The second-order valence-electron chi connectivity index (χ2n) is 5.15. The number of nitro groups is 1. The summed E-state index contributed by atoms with van der Waals surface area (Å²) in [5.41, 5.74) is 0.506. The molecule has 0 saturated carbocycles. The highest BCUT2D eigenvalue weighted by molar-refractivity contribution is 5.99. The number of hydrogen-bond acceptors (Lipinski definition) is 5. The van der Waals surface area contributed by atoms with E-state index in [2.05, 4.69) is 5.10 Å². The van der Waals surface area contributed by atoms with Gasteiger partial charge >= 0.3 is 5.69 Å². The zero-order valence-corrected chi connectivity index (χ0v) is 13.4. The number of aromatic nitrogens is 2. The van der Waals surface area contributed by atoms with Gasteiger partial charge in [0.2, 0.25) is 0 Å². The van der Waals surface area contributed by atoms with Gasteiger partial charge in [-0.05, 0) is 19.1 Å². The number of methoxy groups -OCH3 is 1. The Hall–Kier alpha value is -2.90. The molecule has 0 spiro atoms. The summed E-state index contributed by atoms with van der Waals surface area (Å²) < 4.78 is 6.64. The van der Waals surface area contributed by atoms with Gasteiger partial charge in [-0.3, -0.25) is 19.6 Å². The number of rotatable bonds is 5. The molecule has 0 bridgehead atoms. The molecule has 122 valence electrons. The van der Waals surface area contributed by atoms with Crippen LogP contribution in [0.2, 0.25) is 0 Å². The summed E-state index contributed by atoms with van der Waals surface area (Å²) in [6.45, 7) is 1.83. The van der Waals surface area contributed by atoms with E-state index in [1.54, 1.807) is 37.2 Å². The van der Waals surface area contributed by atoms with Crippen molar-refractivity contribution in [3.63, 3.8) is 0 Å². The van der Waals surface area contributed by atoms with Crippen LogP contribution in [0.3, 0.4) is 0 Å². The molecule has 0 aliphatic rings. The molecule has 8 nitrogen and oxygen atoms in total. The van der Waals surface area contributed by atoms with Crippen LogP contribution in [0.4, 0.5) is 5.69 Å². The van der Waals surface area contributed by atoms with Gasteiger partial charge in [0, 0.05) is 25.9 Å². The number of benzene rings is 1. The summed E-state index contributed by atoms with van der Waals surface area (Å²) in [7, 11) is 4.71. The quantitative estimate of drug-likeness (QED) is 0.622. The fourth-order valence-corrected chi connectivity index (χ4v) is 2.29. The van der Waals surface area contributed by atoms with Gasteiger partial charge in [0.1, 0.15) is 5.56 Å². The van der Waals surface area contributed by atoms with Crippen molar-refractivity contribution in [2.45, 2.75) is 13.0 Å². The predicted octanol–water partition coefficient (Wildman–Crippen LogP) is 2.17. The first-order chi connectivity index (χ1) is 10.9. The second-order valence-corrected chi connectivity index (χ2v) is 5.15. The van der Waals surface area contributed by atoms with Crippen LogP contribution < -0.4 is 4.74 Å². The highest BCUT2D eigenvalue weighted by Crippen LogP contribution is 2.32. The zero-order valence-electron chi connectivity index (χ0n) is 13.4. The number of aryl methyl sites for hydroxylation is 1. The molecular formula is C15H18N4O4. The molecule has 1 amide bonds. The largest absolute Gasteiger partial charge is 0.490 e. The van der Waals surface area contributed by atoms with E-state index in [4.69, 9.17) is 4.74 Å². The molecule has 0 aliphatic carbocycles. The van der Waals surface area contributed by atoms with Crippen LogP contribution >= 0.6 is 0 Å². The molecule has 0 fully saturated rings. The van der Waals surface area contributed by atoms with Crippen molar-refractivity contribution >= 4 is 11.6 Å². The summed E-state index contributed by atoms with van der Waals surface area (Å²) in [6, 6.07) is 4.17. The molecule has 1 aromatic carbocycles. The maximum atomic E-state index is 12.7. The van der Waals surface area contributed by atoms with Crippen LogP contribution in [-0.2, 0) is 7.05 Å². The van der Waals surface area contributed by atoms with Crippen LogP contribution in [0, 0.1) is 10.1 Å². The van der Waals surface area contributed by atoms with E-state index in [9.17, 15) is 14.9 Å². The maximum absolute atomic E-state index is 12.7. The van der Waals surface area contributed by atoms with Gasteiger partial charge in [0.05, 0.1) is 24.3 Å². The molecular weight excluding hydrogens is 300 g/mol. The average molecular weight is 318 g/mol. The monoisotopic (exact) mass is 318 g/mol. The summed E-state index contributed by atoms with van der Waals surface area (Å²) >= 11 is 0. The highest BCUT2D eigenvalue weighted by atomic mass is 16.6. The smallest absolute Gasteiger partial charge is 0.323 e. The summed E-state index contributed by atoms with van der Waals surface area (Å²) in [5.74, 6) is -0.393. The number of hydrogen-bond donors (Lipinski definition) is 0. The Labute approximate surface area is 133 Å². The van der Waals surface area contributed by atoms with Crippen LogP contribution in [0.25, 0.3) is 0 Å². The topological polar surface area (TPSA) is 90.5 Å². The lowest BCUT2D eigenvalue weighted by Gasteiger charge is -2.24. The van der Waals surface area contributed by atoms with Gasteiger partial charge in [0.15, 0.2) is 5.75 Å². The molecule has 23 heavy (non-hydrogen) atoms. The molecule has 0 N–H and O–H groups in total. The first kappa shape index (κ1) is 16.5. The van der Waals surface area contributed by atoms with Crippen LogP contribution in [0.5, 0.6) is 5.75 Å². The Morgan fingerprint density at radius 3 is 2.70 bits per heavy atom. The van der Waals surface area contributed by atoms with E-state index in [1.165, 1.54) is 24.1 Å². The summed E-state index contributed by atoms with van der Waals surface area (Å²) in [4.78, 5) is 24.9. The molecule has 1 heterocycles. The maximum Gasteiger partial charge on any atom is 0.323 e. The fraction of sp³-hybridized carbons (Fsp3) is 0.333. The average Bonchev–Trinajstić information content (AvgIpc) is 2.98. The predicted molar refractivity (Wildman–Crippen MR) is 83.4 cm³/mol. The van der Waals surface area contributed by atoms with Crippen LogP contribution in [0.15, 0.2) is 30.6 Å². The highest BCUT2D eigenvalue weighted by Gasteiger charge is 2.29. The standard InChI is InChI=1S/C15H18N4O4/c1-10(11-8-16-17(2)9-11)18(3)15(20)12-6-5-7-13(23-4)14(12)19(21)22/h5-10H,1-4H3/t10-/m1/s1. The Kier molecular flexibility index (Phi) is 4.63. The van der Waals surface area contributed by atoms with Gasteiger partial charge in [-0.25, -0.2) is 0 Å². The summed E-state index contributed by atoms with van der Waals surface area (Å²) in [5, 5.41) is 15.4. The number of ether oxygens (including phenoxy) is 1. The van der Waals surface area contributed by atoms with Gasteiger partial charge in [0.25, 0.3) is 5.91 Å². The van der Waals surface area contributed by atoms with Gasteiger partial charge in [-0.15, -0.1) is 0 Å². The number of nitro benzene ring substituents is 1. The molecule has 1 atom stereocenters. The minimum absolute atomic E-state index is 0.00686. The zero-order chi connectivity index (χ0) is 17.1. The molecule has 0 radical (unpaired) electrons. The van der Waals surface area contributed by atoms with E-state index in [-0.39, 0.29) is 23.0 Å². The van der Waals surface area contributed by atoms with E-state index in [1.807, 2.05) is 6.92 Å². The number of amides is 1. The molecule has 8 heteroatoms. The van der Waals surface area contributed by atoms with Crippen molar-refractivity contribution in [2.75, 3.05) is 14.2 Å². The minimum atomic E-state index is -0.603. The lowest BCUT2D eigenvalue weighted by molar-refractivity contribution is -0.386. The third kappa shape index (κ3) is 3.15. The van der Waals surface area contributed by atoms with Crippen molar-refractivity contribution in [3.8, 4) is 5.75 Å². The normalized spacial score (nSPS) is 11.8. The van der Waals surface area contributed by atoms with Crippen molar-refractivity contribution in [1.29, 1.82) is 0 Å². The first-order valence-electron chi connectivity index (χ1n) is 6.94. The van der Waals surface area contributed by atoms with E-state index >= 15 is 0 Å². The van der Waals surface area contributed by atoms with Crippen molar-refractivity contribution in [1.82, 2.24) is 14.7 Å². The Morgan fingerprint density at radius 2 is 2.17 bits per heavy atom. The third-order valence-electron chi connectivity index (χ3n) is 3.74. The SMILES string of the molecule is COc1cccc(C(=O)N(C)[C@H](C)c2cnn(C)c2)c1[N+](=O)[O-]. The van der Waals surface area contributed by atoms with Gasteiger partial charge in [-0.2, -0.15) is 5.10 Å². The van der Waals surface area contributed by atoms with Gasteiger partial charge < -0.3 is 9.64 Å². The number of carbonyl (C=O) groups is 1. The molecule has 0 aliphatic heterocycles. The first-order valence-corrected chi connectivity index (χ1v) is 6.94. The van der Waals surface area contributed by atoms with Crippen molar-refractivity contribution in [2.24, 2.45) is 7.05 Å². The number of nitrogens with zero attached hydrogens (tertiary/aromatic N) is 4. The Morgan fingerprint density at radius 1 is 1.48 bits per heavy atom. The van der Waals surface area contributed by atoms with Crippen LogP contribution in [-0.4, -0.2) is 39.7 Å². The molecule has 2 aromatic rings. The lowest BCUT2D eigenvalue weighted by atomic mass is 10.1. The van der Waals surface area contributed by atoms with Crippen molar-refractivity contribution in [3.05, 3.63) is 51.8 Å². The molecule has 0 unspecified atom stereocenters. The van der Waals surface area contributed by atoms with Gasteiger partial charge in [-0.1, -0.05) is 6.07 Å².